The van der Waals surface area contributed by atoms with Crippen LogP contribution < -0.4 is 10.5 Å². The minimum Gasteiger partial charge on any atom is -0.494 e. The summed E-state index contributed by atoms with van der Waals surface area (Å²) in [4.78, 5) is 2.44. The van der Waals surface area contributed by atoms with Crippen LogP contribution in [0, 0.1) is 0 Å². The molecule has 1 atom stereocenters. The molecule has 0 heterocycles. The molecule has 1 unspecified atom stereocenters. The Kier molecular flexibility index (Phi) is 4.71. The molecular weight excluding hydrogens is 220 g/mol. The van der Waals surface area contributed by atoms with Crippen molar-refractivity contribution >= 4 is 17.2 Å². The number of nitrogens with two attached hydrogens (primary N) is 1. The highest BCUT2D eigenvalue weighted by atomic mass is 32.1. The van der Waals surface area contributed by atoms with Crippen molar-refractivity contribution in [3.05, 3.63) is 29.8 Å². The molecule has 0 saturated heterocycles. The summed E-state index contributed by atoms with van der Waals surface area (Å²) >= 11 is 5.10. The van der Waals surface area contributed by atoms with E-state index in [-0.39, 0.29) is 6.04 Å². The zero-order valence-corrected chi connectivity index (χ0v) is 10.8. The zero-order valence-electron chi connectivity index (χ0n) is 9.93. The van der Waals surface area contributed by atoms with Gasteiger partial charge in [0.05, 0.1) is 17.6 Å². The van der Waals surface area contributed by atoms with Crippen LogP contribution in [0.3, 0.4) is 0 Å². The van der Waals surface area contributed by atoms with E-state index in [2.05, 4.69) is 0 Å². The number of ether oxygens (including phenoxy) is 1. The highest BCUT2D eigenvalue weighted by molar-refractivity contribution is 7.80. The van der Waals surface area contributed by atoms with Crippen LogP contribution in [-0.2, 0) is 0 Å². The summed E-state index contributed by atoms with van der Waals surface area (Å²) in [5, 5.41) is 0. The average molecular weight is 238 g/mol. The smallest absolute Gasteiger partial charge is 0.124 e. The van der Waals surface area contributed by atoms with Gasteiger partial charge in [-0.15, -0.1) is 0 Å². The average Bonchev–Trinajstić information content (AvgIpc) is 2.20. The molecule has 1 aromatic rings. The van der Waals surface area contributed by atoms with Gasteiger partial charge in [-0.2, -0.15) is 0 Å². The maximum Gasteiger partial charge on any atom is 0.124 e. The van der Waals surface area contributed by atoms with Gasteiger partial charge < -0.3 is 10.5 Å². The van der Waals surface area contributed by atoms with Crippen LogP contribution in [0.2, 0.25) is 0 Å². The maximum atomic E-state index is 5.77. The molecule has 0 aromatic heterocycles. The van der Waals surface area contributed by atoms with Gasteiger partial charge in [0.2, 0.25) is 0 Å². The van der Waals surface area contributed by atoms with Crippen LogP contribution in [0.25, 0.3) is 0 Å². The molecule has 1 aromatic carbocycles. The molecule has 16 heavy (non-hydrogen) atoms. The van der Waals surface area contributed by atoms with Gasteiger partial charge in [-0.25, -0.2) is 0 Å². The number of hydrogen-bond donors (Lipinski definition) is 1. The summed E-state index contributed by atoms with van der Waals surface area (Å²) < 4.78 is 5.58. The summed E-state index contributed by atoms with van der Waals surface area (Å²) in [6.45, 7) is 2.59. The fraction of sp³-hybridized carbons (Fsp3) is 0.417. The third kappa shape index (κ3) is 2.93. The Morgan fingerprint density at radius 3 is 2.56 bits per heavy atom. The van der Waals surface area contributed by atoms with Crippen LogP contribution >= 0.6 is 12.2 Å². The molecule has 0 saturated carbocycles. The van der Waals surface area contributed by atoms with Crippen molar-refractivity contribution in [2.75, 3.05) is 20.7 Å². The quantitative estimate of drug-likeness (QED) is 0.796. The fourth-order valence-corrected chi connectivity index (χ4v) is 2.02. The number of para-hydroxylation sites is 1. The number of thiocarbonyl (C=S) groups is 1. The lowest BCUT2D eigenvalue weighted by atomic mass is 10.0. The molecular formula is C12H18N2OS. The van der Waals surface area contributed by atoms with Crippen LogP contribution in [-0.4, -0.2) is 30.6 Å². The van der Waals surface area contributed by atoms with E-state index < -0.39 is 0 Å². The molecule has 0 aliphatic rings. The second kappa shape index (κ2) is 5.82. The Labute approximate surface area is 102 Å². The molecule has 3 nitrogen and oxygen atoms in total. The van der Waals surface area contributed by atoms with Crippen LogP contribution in [0.5, 0.6) is 5.75 Å². The maximum absolute atomic E-state index is 5.77. The lowest BCUT2D eigenvalue weighted by molar-refractivity contribution is 0.317. The van der Waals surface area contributed by atoms with Crippen molar-refractivity contribution in [1.29, 1.82) is 0 Å². The first-order chi connectivity index (χ1) is 7.57. The topological polar surface area (TPSA) is 38.5 Å². The second-order valence-electron chi connectivity index (χ2n) is 3.74. The summed E-state index contributed by atoms with van der Waals surface area (Å²) in [5.74, 6) is 0.844. The predicted octanol–water partition coefficient (Wildman–Crippen LogP) is 1.97. The Bertz CT molecular complexity index is 366. The standard InChI is InChI=1S/C12H18N2OS/c1-4-15-10-8-6-5-7-9(10)11(12(13)16)14(2)3/h5-8,11H,4H2,1-3H3,(H2,13,16). The monoisotopic (exact) mass is 238 g/mol. The van der Waals surface area contributed by atoms with Crippen molar-refractivity contribution in [3.8, 4) is 5.75 Å². The number of hydrogen-bond acceptors (Lipinski definition) is 3. The molecule has 2 N–H and O–H groups in total. The Hall–Kier alpha value is -1.13. The zero-order chi connectivity index (χ0) is 12.1. The molecule has 0 aliphatic carbocycles. The molecule has 0 amide bonds. The normalized spacial score (nSPS) is 12.5. The summed E-state index contributed by atoms with van der Waals surface area (Å²) in [7, 11) is 3.90. The SMILES string of the molecule is CCOc1ccccc1C(C(N)=S)N(C)C. The van der Waals surface area contributed by atoms with Gasteiger partial charge in [-0.3, -0.25) is 4.90 Å². The van der Waals surface area contributed by atoms with Gasteiger partial charge in [0, 0.05) is 5.56 Å². The third-order valence-corrected chi connectivity index (χ3v) is 2.52. The van der Waals surface area contributed by atoms with Crippen LogP contribution in [0.4, 0.5) is 0 Å². The lowest BCUT2D eigenvalue weighted by Gasteiger charge is -2.25. The Morgan fingerprint density at radius 2 is 2.06 bits per heavy atom. The first kappa shape index (κ1) is 12.9. The lowest BCUT2D eigenvalue weighted by Crippen LogP contribution is -2.31. The molecule has 0 bridgehead atoms. The van der Waals surface area contributed by atoms with E-state index in [0.29, 0.717) is 11.6 Å². The van der Waals surface area contributed by atoms with Crippen molar-refractivity contribution in [2.24, 2.45) is 5.73 Å². The summed E-state index contributed by atoms with van der Waals surface area (Å²) in [5.41, 5.74) is 6.78. The first-order valence-electron chi connectivity index (χ1n) is 5.25. The van der Waals surface area contributed by atoms with Crippen molar-refractivity contribution in [2.45, 2.75) is 13.0 Å². The van der Waals surface area contributed by atoms with E-state index in [1.54, 1.807) is 0 Å². The minimum absolute atomic E-state index is 0.0854. The fourth-order valence-electron chi connectivity index (χ4n) is 1.68. The molecule has 0 aliphatic heterocycles. The molecule has 0 fully saturated rings. The highest BCUT2D eigenvalue weighted by Gasteiger charge is 2.20. The second-order valence-corrected chi connectivity index (χ2v) is 4.21. The van der Waals surface area contributed by atoms with Gasteiger partial charge in [0.1, 0.15) is 5.75 Å². The van der Waals surface area contributed by atoms with Crippen molar-refractivity contribution in [1.82, 2.24) is 4.90 Å². The van der Waals surface area contributed by atoms with Gasteiger partial charge in [-0.1, -0.05) is 30.4 Å². The van der Waals surface area contributed by atoms with Crippen LogP contribution in [0.1, 0.15) is 18.5 Å². The van der Waals surface area contributed by atoms with E-state index in [1.165, 1.54) is 0 Å². The van der Waals surface area contributed by atoms with Gasteiger partial charge in [0.25, 0.3) is 0 Å². The molecule has 4 heteroatoms. The summed E-state index contributed by atoms with van der Waals surface area (Å²) in [6, 6.07) is 7.76. The van der Waals surface area contributed by atoms with Crippen LogP contribution in [0.15, 0.2) is 24.3 Å². The molecule has 0 spiro atoms. The van der Waals surface area contributed by atoms with Gasteiger partial charge >= 0.3 is 0 Å². The number of benzene rings is 1. The third-order valence-electron chi connectivity index (χ3n) is 2.30. The number of rotatable bonds is 5. The highest BCUT2D eigenvalue weighted by Crippen LogP contribution is 2.28. The van der Waals surface area contributed by atoms with Crippen molar-refractivity contribution in [3.63, 3.8) is 0 Å². The van der Waals surface area contributed by atoms with Gasteiger partial charge in [0.15, 0.2) is 0 Å². The minimum atomic E-state index is -0.0854. The first-order valence-corrected chi connectivity index (χ1v) is 5.66. The van der Waals surface area contributed by atoms with E-state index >= 15 is 0 Å². The number of likely N-dealkylation sites (N-methyl/N-ethyl adjacent to an activating group) is 1. The van der Waals surface area contributed by atoms with E-state index in [9.17, 15) is 0 Å². The summed E-state index contributed by atoms with van der Waals surface area (Å²) in [6.07, 6.45) is 0. The molecule has 88 valence electrons. The number of nitrogens with zero attached hydrogens (tertiary/aromatic N) is 1. The van der Waals surface area contributed by atoms with E-state index in [0.717, 1.165) is 11.3 Å². The van der Waals surface area contributed by atoms with E-state index in [4.69, 9.17) is 22.7 Å². The molecule has 0 radical (unpaired) electrons. The van der Waals surface area contributed by atoms with Gasteiger partial charge in [-0.05, 0) is 27.1 Å². The van der Waals surface area contributed by atoms with E-state index in [1.807, 2.05) is 50.2 Å². The molecule has 1 rings (SSSR count). The van der Waals surface area contributed by atoms with Crippen molar-refractivity contribution < 1.29 is 4.74 Å². The Morgan fingerprint density at radius 1 is 1.44 bits per heavy atom. The largest absolute Gasteiger partial charge is 0.494 e. The predicted molar refractivity (Wildman–Crippen MR) is 70.8 cm³/mol. The Balaban J connectivity index is 3.12.